The van der Waals surface area contributed by atoms with Crippen molar-refractivity contribution in [3.8, 4) is 0 Å². The van der Waals surface area contributed by atoms with Crippen molar-refractivity contribution in [2.45, 2.75) is 69.1 Å². The molecule has 2 atom stereocenters. The lowest BCUT2D eigenvalue weighted by Gasteiger charge is -2.27. The number of rotatable bonds is 4. The van der Waals surface area contributed by atoms with E-state index in [0.29, 0.717) is 12.5 Å². The van der Waals surface area contributed by atoms with Gasteiger partial charge in [0.1, 0.15) is 0 Å². The minimum absolute atomic E-state index is 0.181. The molecule has 2 N–H and O–H groups in total. The van der Waals surface area contributed by atoms with Gasteiger partial charge in [0, 0.05) is 6.54 Å². The summed E-state index contributed by atoms with van der Waals surface area (Å²) in [5.74, 6) is 0.312. The molecule has 2 aliphatic carbocycles. The molecule has 0 aliphatic heterocycles. The smallest absolute Gasteiger partial charge is 0.214 e. The van der Waals surface area contributed by atoms with E-state index in [0.717, 1.165) is 51.4 Å². The Morgan fingerprint density at radius 2 is 1.72 bits per heavy atom. The SMILES string of the molecule is O=S(=O)(NCC1CCCC(O)C1)C1CCCCC1. The highest BCUT2D eigenvalue weighted by molar-refractivity contribution is 7.90. The maximum Gasteiger partial charge on any atom is 0.214 e. The van der Waals surface area contributed by atoms with Crippen molar-refractivity contribution < 1.29 is 13.5 Å². The van der Waals surface area contributed by atoms with Gasteiger partial charge in [0.2, 0.25) is 10.0 Å². The maximum absolute atomic E-state index is 12.1. The Bertz CT molecular complexity index is 349. The Morgan fingerprint density at radius 3 is 2.39 bits per heavy atom. The van der Waals surface area contributed by atoms with Crippen LogP contribution in [0.4, 0.5) is 0 Å². The number of aliphatic hydroxyl groups excluding tert-OH is 1. The molecule has 2 fully saturated rings. The minimum Gasteiger partial charge on any atom is -0.393 e. The molecule has 2 unspecified atom stereocenters. The highest BCUT2D eigenvalue weighted by atomic mass is 32.2. The lowest BCUT2D eigenvalue weighted by atomic mass is 9.87. The van der Waals surface area contributed by atoms with Gasteiger partial charge in [-0.3, -0.25) is 0 Å². The fourth-order valence-corrected chi connectivity index (χ4v) is 4.83. The standard InChI is InChI=1S/C13H25NO3S/c15-12-6-4-5-11(9-12)10-14-18(16,17)13-7-2-1-3-8-13/h11-15H,1-10H2. The number of sulfonamides is 1. The Labute approximate surface area is 110 Å². The van der Waals surface area contributed by atoms with Gasteiger partial charge in [0.15, 0.2) is 0 Å². The van der Waals surface area contributed by atoms with Crippen LogP contribution < -0.4 is 4.72 Å². The van der Waals surface area contributed by atoms with Gasteiger partial charge in [0.05, 0.1) is 11.4 Å². The molecule has 0 amide bonds. The lowest BCUT2D eigenvalue weighted by Crippen LogP contribution is -2.39. The molecule has 0 bridgehead atoms. The molecule has 0 saturated heterocycles. The van der Waals surface area contributed by atoms with Gasteiger partial charge in [-0.25, -0.2) is 13.1 Å². The van der Waals surface area contributed by atoms with Crippen molar-refractivity contribution in [2.24, 2.45) is 5.92 Å². The highest BCUT2D eigenvalue weighted by Gasteiger charge is 2.28. The summed E-state index contributed by atoms with van der Waals surface area (Å²) in [6.45, 7) is 0.510. The molecule has 0 aromatic rings. The van der Waals surface area contributed by atoms with Crippen LogP contribution in [0.3, 0.4) is 0 Å². The summed E-state index contributed by atoms with van der Waals surface area (Å²) in [6.07, 6.45) is 8.27. The second-order valence-electron chi connectivity index (χ2n) is 5.84. The van der Waals surface area contributed by atoms with E-state index >= 15 is 0 Å². The fourth-order valence-electron chi connectivity index (χ4n) is 3.18. The van der Waals surface area contributed by atoms with Crippen molar-refractivity contribution in [3.05, 3.63) is 0 Å². The van der Waals surface area contributed by atoms with E-state index in [1.165, 1.54) is 6.42 Å². The van der Waals surface area contributed by atoms with E-state index in [4.69, 9.17) is 0 Å². The Balaban J connectivity index is 1.80. The third kappa shape index (κ3) is 3.93. The van der Waals surface area contributed by atoms with Crippen LogP contribution in [0.15, 0.2) is 0 Å². The maximum atomic E-state index is 12.1. The van der Waals surface area contributed by atoms with Gasteiger partial charge in [-0.15, -0.1) is 0 Å². The second-order valence-corrected chi connectivity index (χ2v) is 7.89. The van der Waals surface area contributed by atoms with Gasteiger partial charge in [-0.2, -0.15) is 0 Å². The molecule has 2 aliphatic rings. The van der Waals surface area contributed by atoms with Gasteiger partial charge in [-0.1, -0.05) is 25.7 Å². The quantitative estimate of drug-likeness (QED) is 0.822. The van der Waals surface area contributed by atoms with Crippen LogP contribution >= 0.6 is 0 Å². The molecule has 2 saturated carbocycles. The van der Waals surface area contributed by atoms with Gasteiger partial charge >= 0.3 is 0 Å². The van der Waals surface area contributed by atoms with Crippen molar-refractivity contribution in [1.29, 1.82) is 0 Å². The van der Waals surface area contributed by atoms with E-state index in [1.54, 1.807) is 0 Å². The molecule has 106 valence electrons. The average Bonchev–Trinajstić information content (AvgIpc) is 2.38. The summed E-state index contributed by atoms with van der Waals surface area (Å²) in [4.78, 5) is 0. The summed E-state index contributed by atoms with van der Waals surface area (Å²) in [5, 5.41) is 9.40. The summed E-state index contributed by atoms with van der Waals surface area (Å²) >= 11 is 0. The molecule has 5 heteroatoms. The zero-order valence-electron chi connectivity index (χ0n) is 11.0. The molecule has 2 rings (SSSR count). The molecule has 0 aromatic heterocycles. The predicted octanol–water partition coefficient (Wildman–Crippen LogP) is 1.79. The number of nitrogens with one attached hydrogen (secondary N) is 1. The first-order chi connectivity index (χ1) is 8.58. The van der Waals surface area contributed by atoms with E-state index < -0.39 is 10.0 Å². The minimum atomic E-state index is -3.13. The average molecular weight is 275 g/mol. The van der Waals surface area contributed by atoms with Crippen molar-refractivity contribution in [3.63, 3.8) is 0 Å². The number of hydrogen-bond acceptors (Lipinski definition) is 3. The van der Waals surface area contributed by atoms with Crippen molar-refractivity contribution in [1.82, 2.24) is 4.72 Å². The van der Waals surface area contributed by atoms with Gasteiger partial charge < -0.3 is 5.11 Å². The Hall–Kier alpha value is -0.130. The first-order valence-electron chi connectivity index (χ1n) is 7.24. The molecule has 0 radical (unpaired) electrons. The lowest BCUT2D eigenvalue weighted by molar-refractivity contribution is 0.102. The molecule has 18 heavy (non-hydrogen) atoms. The zero-order valence-corrected chi connectivity index (χ0v) is 11.8. The van der Waals surface area contributed by atoms with Crippen LogP contribution in [-0.4, -0.2) is 31.4 Å². The topological polar surface area (TPSA) is 66.4 Å². The fraction of sp³-hybridized carbons (Fsp3) is 1.00. The normalized spacial score (nSPS) is 31.4. The summed E-state index contributed by atoms with van der Waals surface area (Å²) in [7, 11) is -3.13. The van der Waals surface area contributed by atoms with Crippen LogP contribution in [0, 0.1) is 5.92 Å². The van der Waals surface area contributed by atoms with E-state index in [-0.39, 0.29) is 11.4 Å². The van der Waals surface area contributed by atoms with Crippen LogP contribution in [0.1, 0.15) is 57.8 Å². The molecule has 4 nitrogen and oxygen atoms in total. The first-order valence-corrected chi connectivity index (χ1v) is 8.79. The molecule has 0 spiro atoms. The third-order valence-corrected chi connectivity index (χ3v) is 6.24. The molecule has 0 aromatic carbocycles. The van der Waals surface area contributed by atoms with E-state index in [2.05, 4.69) is 4.72 Å². The Morgan fingerprint density at radius 1 is 1.00 bits per heavy atom. The van der Waals surface area contributed by atoms with Crippen LogP contribution in [0.5, 0.6) is 0 Å². The number of aliphatic hydroxyl groups is 1. The van der Waals surface area contributed by atoms with Crippen LogP contribution in [-0.2, 0) is 10.0 Å². The second kappa shape index (κ2) is 6.35. The molecular weight excluding hydrogens is 250 g/mol. The van der Waals surface area contributed by atoms with Gasteiger partial charge in [0.25, 0.3) is 0 Å². The van der Waals surface area contributed by atoms with Crippen molar-refractivity contribution in [2.75, 3.05) is 6.54 Å². The largest absolute Gasteiger partial charge is 0.393 e. The third-order valence-electron chi connectivity index (χ3n) is 4.32. The van der Waals surface area contributed by atoms with E-state index in [9.17, 15) is 13.5 Å². The van der Waals surface area contributed by atoms with E-state index in [1.807, 2.05) is 0 Å². The van der Waals surface area contributed by atoms with Crippen LogP contribution in [0.25, 0.3) is 0 Å². The van der Waals surface area contributed by atoms with Crippen LogP contribution in [0.2, 0.25) is 0 Å². The predicted molar refractivity (Wildman–Crippen MR) is 71.8 cm³/mol. The molecule has 0 heterocycles. The summed E-state index contributed by atoms with van der Waals surface area (Å²) in [6, 6.07) is 0. The monoisotopic (exact) mass is 275 g/mol. The number of hydrogen-bond donors (Lipinski definition) is 2. The zero-order chi connectivity index (χ0) is 13.0. The summed E-state index contributed by atoms with van der Waals surface area (Å²) < 4.78 is 27.1. The van der Waals surface area contributed by atoms with Gasteiger partial charge in [-0.05, 0) is 38.0 Å². The summed E-state index contributed by atoms with van der Waals surface area (Å²) in [5.41, 5.74) is 0. The molecular formula is C13H25NO3S. The Kier molecular flexibility index (Phi) is 5.04. The first kappa shape index (κ1) is 14.3. The highest BCUT2D eigenvalue weighted by Crippen LogP contribution is 2.26. The van der Waals surface area contributed by atoms with Crippen molar-refractivity contribution >= 4 is 10.0 Å².